The van der Waals surface area contributed by atoms with Crippen LogP contribution in [-0.2, 0) is 0 Å². The van der Waals surface area contributed by atoms with E-state index < -0.39 is 0 Å². The molecule has 1 heterocycles. The minimum absolute atomic E-state index is 0.104. The smallest absolute Gasteiger partial charge is 0.109 e. The van der Waals surface area contributed by atoms with Gasteiger partial charge in [-0.2, -0.15) is 0 Å². The van der Waals surface area contributed by atoms with Crippen LogP contribution in [0.2, 0.25) is 0 Å². The molecule has 1 aliphatic rings. The summed E-state index contributed by atoms with van der Waals surface area (Å²) in [6.07, 6.45) is 2.64. The maximum atomic E-state index is 5.70. The molecule has 0 amide bonds. The topological polar surface area (TPSA) is 38.9 Å². The Morgan fingerprint density at radius 1 is 1.73 bits per heavy atom. The van der Waals surface area contributed by atoms with Crippen LogP contribution >= 0.6 is 11.3 Å². The molecule has 1 aromatic heterocycles. The fourth-order valence-electron chi connectivity index (χ4n) is 1.08. The van der Waals surface area contributed by atoms with Gasteiger partial charge in [0.05, 0.1) is 11.7 Å². The molecule has 1 atom stereocenters. The summed E-state index contributed by atoms with van der Waals surface area (Å²) in [5.74, 6) is 0.763. The van der Waals surface area contributed by atoms with Gasteiger partial charge < -0.3 is 5.73 Å². The van der Waals surface area contributed by atoms with Gasteiger partial charge in [-0.25, -0.2) is 4.98 Å². The summed E-state index contributed by atoms with van der Waals surface area (Å²) in [6.45, 7) is 1.98. The van der Waals surface area contributed by atoms with Gasteiger partial charge in [0, 0.05) is 11.3 Å². The monoisotopic (exact) mass is 168 g/mol. The summed E-state index contributed by atoms with van der Waals surface area (Å²) in [7, 11) is 0. The Bertz CT molecular complexity index is 234. The molecule has 0 aromatic carbocycles. The fraction of sp³-hybridized carbons (Fsp3) is 0.625. The van der Waals surface area contributed by atoms with E-state index in [1.54, 1.807) is 11.3 Å². The van der Waals surface area contributed by atoms with E-state index in [4.69, 9.17) is 5.73 Å². The van der Waals surface area contributed by atoms with E-state index in [0.717, 1.165) is 10.9 Å². The zero-order chi connectivity index (χ0) is 7.84. The molecule has 2 N–H and O–H groups in total. The Morgan fingerprint density at radius 3 is 2.91 bits per heavy atom. The van der Waals surface area contributed by atoms with Gasteiger partial charge in [-0.15, -0.1) is 11.3 Å². The van der Waals surface area contributed by atoms with Crippen LogP contribution in [0.5, 0.6) is 0 Å². The van der Waals surface area contributed by atoms with Crippen LogP contribution in [0.3, 0.4) is 0 Å². The number of hydrogen-bond donors (Lipinski definition) is 1. The summed E-state index contributed by atoms with van der Waals surface area (Å²) in [4.78, 5) is 4.47. The summed E-state index contributed by atoms with van der Waals surface area (Å²) in [5, 5.41) is 3.23. The lowest BCUT2D eigenvalue weighted by Crippen LogP contribution is -2.04. The molecule has 1 aromatic rings. The van der Waals surface area contributed by atoms with Crippen molar-refractivity contribution in [1.29, 1.82) is 0 Å². The Morgan fingerprint density at radius 2 is 2.45 bits per heavy atom. The molecule has 1 saturated carbocycles. The van der Waals surface area contributed by atoms with Crippen molar-refractivity contribution >= 4 is 11.3 Å². The lowest BCUT2D eigenvalue weighted by Gasteiger charge is -1.96. The van der Waals surface area contributed by atoms with Crippen LogP contribution in [0.1, 0.15) is 42.4 Å². The van der Waals surface area contributed by atoms with Gasteiger partial charge >= 0.3 is 0 Å². The Hall–Kier alpha value is -0.410. The molecule has 0 unspecified atom stereocenters. The molecule has 0 spiro atoms. The quantitative estimate of drug-likeness (QED) is 0.734. The van der Waals surface area contributed by atoms with Crippen molar-refractivity contribution in [2.45, 2.75) is 31.7 Å². The van der Waals surface area contributed by atoms with E-state index in [0.29, 0.717) is 0 Å². The van der Waals surface area contributed by atoms with Crippen molar-refractivity contribution in [1.82, 2.24) is 4.98 Å². The molecule has 2 rings (SSSR count). The number of nitrogens with two attached hydrogens (primary N) is 1. The van der Waals surface area contributed by atoms with Gasteiger partial charge in [0.2, 0.25) is 0 Å². The minimum Gasteiger partial charge on any atom is -0.322 e. The van der Waals surface area contributed by atoms with Crippen molar-refractivity contribution in [2.24, 2.45) is 5.73 Å². The third-order valence-electron chi connectivity index (χ3n) is 1.92. The first kappa shape index (κ1) is 7.25. The first-order valence-corrected chi connectivity index (χ1v) is 4.86. The van der Waals surface area contributed by atoms with E-state index in [-0.39, 0.29) is 6.04 Å². The summed E-state index contributed by atoms with van der Waals surface area (Å²) < 4.78 is 0. The Kier molecular flexibility index (Phi) is 1.69. The highest BCUT2D eigenvalue weighted by Gasteiger charge is 2.26. The molecular formula is C8H12N2S. The van der Waals surface area contributed by atoms with E-state index >= 15 is 0 Å². The predicted molar refractivity (Wildman–Crippen MR) is 46.7 cm³/mol. The van der Waals surface area contributed by atoms with Crippen LogP contribution in [0.25, 0.3) is 0 Å². The maximum Gasteiger partial charge on any atom is 0.109 e. The highest BCUT2D eigenvalue weighted by molar-refractivity contribution is 7.09. The number of thiazole rings is 1. The number of nitrogens with zero attached hydrogens (tertiary/aromatic N) is 1. The number of aromatic nitrogens is 1. The zero-order valence-corrected chi connectivity index (χ0v) is 7.40. The minimum atomic E-state index is 0.104. The second-order valence-corrected chi connectivity index (χ2v) is 4.06. The van der Waals surface area contributed by atoms with Gasteiger partial charge in [0.25, 0.3) is 0 Å². The molecule has 60 valence electrons. The highest BCUT2D eigenvalue weighted by atomic mass is 32.1. The lowest BCUT2D eigenvalue weighted by molar-refractivity contribution is 0.797. The molecule has 1 fully saturated rings. The molecule has 11 heavy (non-hydrogen) atoms. The van der Waals surface area contributed by atoms with Crippen molar-refractivity contribution in [3.8, 4) is 0 Å². The standard InChI is InChI=1S/C8H12N2S/c1-5(9)8-10-7(4-11-8)6-2-3-6/h4-6H,2-3,9H2,1H3/t5-/m1/s1. The first-order chi connectivity index (χ1) is 5.27. The average molecular weight is 168 g/mol. The van der Waals surface area contributed by atoms with Crippen molar-refractivity contribution < 1.29 is 0 Å². The molecule has 0 saturated heterocycles. The van der Waals surface area contributed by atoms with Crippen LogP contribution in [-0.4, -0.2) is 4.98 Å². The molecular weight excluding hydrogens is 156 g/mol. The summed E-state index contributed by atoms with van der Waals surface area (Å²) >= 11 is 1.69. The maximum absolute atomic E-state index is 5.70. The highest BCUT2D eigenvalue weighted by Crippen LogP contribution is 2.40. The normalized spacial score (nSPS) is 20.2. The molecule has 2 nitrogen and oxygen atoms in total. The Balaban J connectivity index is 2.18. The average Bonchev–Trinajstić information content (AvgIpc) is 2.68. The van der Waals surface area contributed by atoms with E-state index in [2.05, 4.69) is 10.4 Å². The van der Waals surface area contributed by atoms with Crippen LogP contribution < -0.4 is 5.73 Å². The van der Waals surface area contributed by atoms with Gasteiger partial charge in [-0.1, -0.05) is 0 Å². The molecule has 0 aliphatic heterocycles. The largest absolute Gasteiger partial charge is 0.322 e. The van der Waals surface area contributed by atoms with Crippen LogP contribution in [0, 0.1) is 0 Å². The molecule has 3 heteroatoms. The lowest BCUT2D eigenvalue weighted by atomic mass is 10.3. The van der Waals surface area contributed by atoms with Crippen molar-refractivity contribution in [3.63, 3.8) is 0 Å². The van der Waals surface area contributed by atoms with Gasteiger partial charge in [-0.3, -0.25) is 0 Å². The third kappa shape index (κ3) is 1.44. The molecule has 0 radical (unpaired) electrons. The number of rotatable bonds is 2. The zero-order valence-electron chi connectivity index (χ0n) is 6.58. The predicted octanol–water partition coefficient (Wildman–Crippen LogP) is 2.04. The fourth-order valence-corrected chi connectivity index (χ4v) is 1.94. The third-order valence-corrected chi connectivity index (χ3v) is 2.99. The van der Waals surface area contributed by atoms with Crippen LogP contribution in [0.4, 0.5) is 0 Å². The summed E-state index contributed by atoms with van der Waals surface area (Å²) in [6, 6.07) is 0.104. The van der Waals surface area contributed by atoms with Crippen molar-refractivity contribution in [2.75, 3.05) is 0 Å². The molecule has 0 bridgehead atoms. The molecule has 1 aliphatic carbocycles. The van der Waals surface area contributed by atoms with Gasteiger partial charge in [0.1, 0.15) is 5.01 Å². The van der Waals surface area contributed by atoms with E-state index in [1.165, 1.54) is 18.5 Å². The second kappa shape index (κ2) is 2.57. The SMILES string of the molecule is C[C@@H](N)c1nc(C2CC2)cs1. The first-order valence-electron chi connectivity index (χ1n) is 3.98. The van der Waals surface area contributed by atoms with Gasteiger partial charge in [-0.05, 0) is 19.8 Å². The summed E-state index contributed by atoms with van der Waals surface area (Å²) in [5.41, 5.74) is 6.96. The van der Waals surface area contributed by atoms with E-state index in [1.807, 2.05) is 6.92 Å². The second-order valence-electron chi connectivity index (χ2n) is 3.17. The number of hydrogen-bond acceptors (Lipinski definition) is 3. The van der Waals surface area contributed by atoms with Crippen molar-refractivity contribution in [3.05, 3.63) is 16.1 Å². The van der Waals surface area contributed by atoms with Crippen LogP contribution in [0.15, 0.2) is 5.38 Å². The van der Waals surface area contributed by atoms with E-state index in [9.17, 15) is 0 Å². The van der Waals surface area contributed by atoms with Gasteiger partial charge in [0.15, 0.2) is 0 Å². The Labute approximate surface area is 70.5 Å².